The van der Waals surface area contributed by atoms with E-state index in [2.05, 4.69) is 4.74 Å². The lowest BCUT2D eigenvalue weighted by molar-refractivity contribution is -0.140. The molecule has 0 N–H and O–H groups in total. The molecule has 0 aromatic carbocycles. The maximum Gasteiger partial charge on any atom is 0.321 e. The molecule has 0 aromatic heterocycles. The number of hydrogen-bond donors (Lipinski definition) is 0. The molecule has 8 heteroatoms. The van der Waals surface area contributed by atoms with Crippen molar-refractivity contribution in [2.24, 2.45) is 0 Å². The lowest BCUT2D eigenvalue weighted by atomic mass is 10.3. The van der Waals surface area contributed by atoms with E-state index < -0.39 is 38.6 Å². The lowest BCUT2D eigenvalue weighted by Gasteiger charge is -2.14. The standard InChI is InChI=1S/C12H19NO6S/c1-3-5-6-13-10(14)7-9(12(13)16)20(17,18)8-11(15)19-4-2/h9H,3-8H2,1-2H3. The van der Waals surface area contributed by atoms with Crippen molar-refractivity contribution in [1.82, 2.24) is 4.90 Å². The molecule has 1 fully saturated rings. The van der Waals surface area contributed by atoms with Crippen molar-refractivity contribution in [2.75, 3.05) is 18.9 Å². The van der Waals surface area contributed by atoms with Crippen molar-refractivity contribution in [3.05, 3.63) is 0 Å². The van der Waals surface area contributed by atoms with Crippen LogP contribution in [-0.2, 0) is 29.0 Å². The second-order valence-corrected chi connectivity index (χ2v) is 6.73. The van der Waals surface area contributed by atoms with Gasteiger partial charge < -0.3 is 4.74 Å². The van der Waals surface area contributed by atoms with Crippen LogP contribution in [0.5, 0.6) is 0 Å². The molecule has 1 aliphatic rings. The maximum absolute atomic E-state index is 12.0. The Balaban J connectivity index is 2.79. The van der Waals surface area contributed by atoms with Crippen molar-refractivity contribution < 1.29 is 27.5 Å². The van der Waals surface area contributed by atoms with Gasteiger partial charge in [0.2, 0.25) is 11.8 Å². The average Bonchev–Trinajstić information content (AvgIpc) is 2.63. The summed E-state index contributed by atoms with van der Waals surface area (Å²) in [6.45, 7) is 3.75. The number of rotatable bonds is 7. The fraction of sp³-hybridized carbons (Fsp3) is 0.750. The van der Waals surface area contributed by atoms with E-state index in [9.17, 15) is 22.8 Å². The van der Waals surface area contributed by atoms with Crippen molar-refractivity contribution in [2.45, 2.75) is 38.4 Å². The van der Waals surface area contributed by atoms with Crippen molar-refractivity contribution in [3.8, 4) is 0 Å². The molecule has 0 spiro atoms. The lowest BCUT2D eigenvalue weighted by Crippen LogP contribution is -2.37. The van der Waals surface area contributed by atoms with Crippen LogP contribution in [0.1, 0.15) is 33.1 Å². The van der Waals surface area contributed by atoms with Crippen LogP contribution >= 0.6 is 0 Å². The van der Waals surface area contributed by atoms with E-state index in [1.807, 2.05) is 6.92 Å². The molecule has 1 atom stereocenters. The molecule has 20 heavy (non-hydrogen) atoms. The van der Waals surface area contributed by atoms with Crippen LogP contribution in [0.25, 0.3) is 0 Å². The fourth-order valence-corrected chi connectivity index (χ4v) is 3.40. The second kappa shape index (κ2) is 6.83. The Labute approximate surface area is 118 Å². The Morgan fingerprint density at radius 1 is 1.35 bits per heavy atom. The molecule has 0 aromatic rings. The Hall–Kier alpha value is -1.44. The first kappa shape index (κ1) is 16.6. The smallest absolute Gasteiger partial charge is 0.321 e. The number of hydrogen-bond acceptors (Lipinski definition) is 6. The van der Waals surface area contributed by atoms with Gasteiger partial charge in [0.1, 0.15) is 11.0 Å². The molecule has 1 heterocycles. The second-order valence-electron chi connectivity index (χ2n) is 4.54. The molecule has 114 valence electrons. The van der Waals surface area contributed by atoms with Crippen LogP contribution in [0, 0.1) is 0 Å². The zero-order chi connectivity index (χ0) is 15.3. The summed E-state index contributed by atoms with van der Waals surface area (Å²) >= 11 is 0. The van der Waals surface area contributed by atoms with Gasteiger partial charge in [-0.1, -0.05) is 13.3 Å². The van der Waals surface area contributed by atoms with Gasteiger partial charge in [-0.3, -0.25) is 19.3 Å². The summed E-state index contributed by atoms with van der Waals surface area (Å²) in [7, 11) is -4.01. The number of nitrogens with zero attached hydrogens (tertiary/aromatic N) is 1. The fourth-order valence-electron chi connectivity index (χ4n) is 1.95. The quantitative estimate of drug-likeness (QED) is 0.481. The first-order valence-corrected chi connectivity index (χ1v) is 8.26. The number of carbonyl (C=O) groups is 3. The Kier molecular flexibility index (Phi) is 5.67. The zero-order valence-electron chi connectivity index (χ0n) is 11.6. The van der Waals surface area contributed by atoms with Gasteiger partial charge in [0.25, 0.3) is 0 Å². The molecular weight excluding hydrogens is 286 g/mol. The SMILES string of the molecule is CCCCN1C(=O)CC(S(=O)(=O)CC(=O)OCC)C1=O. The van der Waals surface area contributed by atoms with Crippen LogP contribution in [-0.4, -0.2) is 55.3 Å². The zero-order valence-corrected chi connectivity index (χ0v) is 12.4. The highest BCUT2D eigenvalue weighted by molar-refractivity contribution is 7.93. The number of likely N-dealkylation sites (tertiary alicyclic amines) is 1. The predicted molar refractivity (Wildman–Crippen MR) is 70.5 cm³/mol. The van der Waals surface area contributed by atoms with E-state index >= 15 is 0 Å². The van der Waals surface area contributed by atoms with Crippen molar-refractivity contribution in [1.29, 1.82) is 0 Å². The summed E-state index contributed by atoms with van der Waals surface area (Å²) in [6.07, 6.45) is 1.03. The van der Waals surface area contributed by atoms with Gasteiger partial charge in [-0.25, -0.2) is 8.42 Å². The molecule has 1 saturated heterocycles. The number of amides is 2. The highest BCUT2D eigenvalue weighted by Gasteiger charge is 2.46. The Morgan fingerprint density at radius 3 is 2.55 bits per heavy atom. The average molecular weight is 305 g/mol. The predicted octanol–water partition coefficient (Wildman–Crippen LogP) is -0.108. The molecule has 1 rings (SSSR count). The van der Waals surface area contributed by atoms with E-state index in [1.54, 1.807) is 6.92 Å². The highest BCUT2D eigenvalue weighted by atomic mass is 32.2. The molecule has 1 unspecified atom stereocenters. The van der Waals surface area contributed by atoms with Gasteiger partial charge in [-0.15, -0.1) is 0 Å². The first-order valence-electron chi connectivity index (χ1n) is 6.54. The van der Waals surface area contributed by atoms with E-state index in [0.717, 1.165) is 11.3 Å². The van der Waals surface area contributed by atoms with Crippen LogP contribution in [0.15, 0.2) is 0 Å². The topological polar surface area (TPSA) is 97.8 Å². The molecule has 2 amide bonds. The van der Waals surface area contributed by atoms with Gasteiger partial charge in [-0.05, 0) is 13.3 Å². The van der Waals surface area contributed by atoms with Crippen LogP contribution < -0.4 is 0 Å². The molecule has 0 bridgehead atoms. The van der Waals surface area contributed by atoms with Gasteiger partial charge in [0.15, 0.2) is 9.84 Å². The summed E-state index contributed by atoms with van der Waals surface area (Å²) in [5, 5.41) is -1.45. The third-order valence-electron chi connectivity index (χ3n) is 3.00. The maximum atomic E-state index is 12.0. The third-order valence-corrected chi connectivity index (χ3v) is 4.87. The highest BCUT2D eigenvalue weighted by Crippen LogP contribution is 2.21. The minimum Gasteiger partial charge on any atom is -0.465 e. The first-order chi connectivity index (χ1) is 9.33. The van der Waals surface area contributed by atoms with Crippen LogP contribution in [0.2, 0.25) is 0 Å². The molecule has 0 aliphatic carbocycles. The van der Waals surface area contributed by atoms with E-state index in [0.29, 0.717) is 6.42 Å². The molecule has 1 aliphatic heterocycles. The number of ether oxygens (including phenoxy) is 1. The summed E-state index contributed by atoms with van der Waals surface area (Å²) in [5.41, 5.74) is 0. The Morgan fingerprint density at radius 2 is 2.00 bits per heavy atom. The summed E-state index contributed by atoms with van der Waals surface area (Å²) in [5.74, 6) is -3.00. The number of esters is 1. The number of unbranched alkanes of at least 4 members (excludes halogenated alkanes) is 1. The monoisotopic (exact) mass is 305 g/mol. The largest absolute Gasteiger partial charge is 0.465 e. The number of imide groups is 1. The van der Waals surface area contributed by atoms with Gasteiger partial charge in [0.05, 0.1) is 13.0 Å². The van der Waals surface area contributed by atoms with Gasteiger partial charge in [-0.2, -0.15) is 0 Å². The van der Waals surface area contributed by atoms with Crippen molar-refractivity contribution >= 4 is 27.6 Å². The normalized spacial score (nSPS) is 19.5. The van der Waals surface area contributed by atoms with Crippen LogP contribution in [0.3, 0.4) is 0 Å². The van der Waals surface area contributed by atoms with Gasteiger partial charge >= 0.3 is 5.97 Å². The van der Waals surface area contributed by atoms with Gasteiger partial charge in [0, 0.05) is 6.54 Å². The summed E-state index contributed by atoms with van der Waals surface area (Å²) < 4.78 is 28.5. The summed E-state index contributed by atoms with van der Waals surface area (Å²) in [4.78, 5) is 35.9. The third kappa shape index (κ3) is 3.78. The van der Waals surface area contributed by atoms with Crippen LogP contribution in [0.4, 0.5) is 0 Å². The van der Waals surface area contributed by atoms with E-state index in [-0.39, 0.29) is 19.6 Å². The van der Waals surface area contributed by atoms with E-state index in [4.69, 9.17) is 0 Å². The number of carbonyl (C=O) groups excluding carboxylic acids is 3. The minimum absolute atomic E-state index is 0.0640. The van der Waals surface area contributed by atoms with E-state index in [1.165, 1.54) is 0 Å². The molecular formula is C12H19NO6S. The number of sulfone groups is 1. The molecule has 0 saturated carbocycles. The van der Waals surface area contributed by atoms with Crippen molar-refractivity contribution in [3.63, 3.8) is 0 Å². The minimum atomic E-state index is -4.01. The summed E-state index contributed by atoms with van der Waals surface area (Å²) in [6, 6.07) is 0. The Bertz CT molecular complexity index is 498. The molecule has 0 radical (unpaired) electrons. The molecule has 7 nitrogen and oxygen atoms in total.